The molecule has 2 saturated heterocycles. The first-order valence-corrected chi connectivity index (χ1v) is 39.9. The van der Waals surface area contributed by atoms with Crippen LogP contribution in [0.2, 0.25) is 0 Å². The minimum Gasteiger partial charge on any atom is -0.394 e. The number of aliphatic hydroxyl groups excluding tert-OH is 8. The fourth-order valence-corrected chi connectivity index (χ4v) is 13.2. The first kappa shape index (κ1) is 88.0. The van der Waals surface area contributed by atoms with Gasteiger partial charge in [-0.3, -0.25) is 4.79 Å². The third-order valence-corrected chi connectivity index (χ3v) is 19.5. The Morgan fingerprint density at radius 1 is 0.383 bits per heavy atom. The second-order valence-electron chi connectivity index (χ2n) is 28.2. The molecule has 2 fully saturated rings. The van der Waals surface area contributed by atoms with Gasteiger partial charge in [0.2, 0.25) is 5.91 Å². The van der Waals surface area contributed by atoms with E-state index >= 15 is 0 Å². The van der Waals surface area contributed by atoms with E-state index in [4.69, 9.17) is 18.9 Å². The van der Waals surface area contributed by atoms with Gasteiger partial charge in [0, 0.05) is 6.42 Å². The van der Waals surface area contributed by atoms with Crippen LogP contribution in [0, 0.1) is 0 Å². The maximum Gasteiger partial charge on any atom is 0.220 e. The molecule has 12 unspecified atom stereocenters. The highest BCUT2D eigenvalue weighted by Crippen LogP contribution is 2.30. The average molecular weight is 1330 g/mol. The highest BCUT2D eigenvalue weighted by atomic mass is 16.7. The number of carbonyl (C=O) groups excluding carboxylic acids is 1. The Morgan fingerprint density at radius 2 is 0.713 bits per heavy atom. The predicted molar refractivity (Wildman–Crippen MR) is 388 cm³/mol. The van der Waals surface area contributed by atoms with Crippen molar-refractivity contribution in [2.24, 2.45) is 0 Å². The number of aliphatic hydroxyl groups is 8. The van der Waals surface area contributed by atoms with Crippen molar-refractivity contribution in [3.05, 3.63) is 48.6 Å². The Bertz CT molecular complexity index is 1760. The second-order valence-corrected chi connectivity index (χ2v) is 28.2. The van der Waals surface area contributed by atoms with Crippen LogP contribution in [0.3, 0.4) is 0 Å². The number of ether oxygens (including phenoxy) is 4. The van der Waals surface area contributed by atoms with Gasteiger partial charge in [0.15, 0.2) is 12.6 Å². The van der Waals surface area contributed by atoms with Gasteiger partial charge in [-0.25, -0.2) is 0 Å². The Kier molecular flexibility index (Phi) is 60.3. The Morgan fingerprint density at radius 3 is 1.11 bits per heavy atom. The van der Waals surface area contributed by atoms with Crippen LogP contribution in [0.5, 0.6) is 0 Å². The number of hydrogen-bond acceptors (Lipinski definition) is 13. The highest BCUT2D eigenvalue weighted by Gasteiger charge is 2.51. The summed E-state index contributed by atoms with van der Waals surface area (Å²) in [4.78, 5) is 13.4. The van der Waals surface area contributed by atoms with Crippen LogP contribution in [0.1, 0.15) is 361 Å². The van der Waals surface area contributed by atoms with Crippen molar-refractivity contribution in [2.45, 2.75) is 434 Å². The number of rotatable bonds is 67. The maximum absolute atomic E-state index is 13.4. The summed E-state index contributed by atoms with van der Waals surface area (Å²) in [5.74, 6) is -0.242. The molecule has 2 aliphatic heterocycles. The lowest BCUT2D eigenvalue weighted by Gasteiger charge is -2.46. The molecule has 0 aliphatic carbocycles. The van der Waals surface area contributed by atoms with E-state index in [2.05, 4.69) is 55.6 Å². The van der Waals surface area contributed by atoms with Crippen LogP contribution in [0.25, 0.3) is 0 Å². The van der Waals surface area contributed by atoms with Gasteiger partial charge in [0.05, 0.1) is 32.0 Å². The zero-order valence-corrected chi connectivity index (χ0v) is 60.5. The third-order valence-electron chi connectivity index (χ3n) is 19.5. The molecular weight excluding hydrogens is 1180 g/mol. The molecule has 9 N–H and O–H groups in total. The summed E-state index contributed by atoms with van der Waals surface area (Å²) in [5.41, 5.74) is 0. The van der Waals surface area contributed by atoms with Crippen LogP contribution < -0.4 is 5.32 Å². The van der Waals surface area contributed by atoms with Gasteiger partial charge in [-0.15, -0.1) is 0 Å². The largest absolute Gasteiger partial charge is 0.394 e. The quantitative estimate of drug-likeness (QED) is 0.0204. The van der Waals surface area contributed by atoms with E-state index in [9.17, 15) is 45.6 Å². The molecular formula is C80H149NO13. The third kappa shape index (κ3) is 47.1. The number of carbonyl (C=O) groups is 1. The molecule has 0 aromatic carbocycles. The van der Waals surface area contributed by atoms with Gasteiger partial charge in [-0.2, -0.15) is 0 Å². The van der Waals surface area contributed by atoms with E-state index in [0.29, 0.717) is 12.8 Å². The van der Waals surface area contributed by atoms with Crippen molar-refractivity contribution < 1.29 is 64.6 Å². The number of allylic oxidation sites excluding steroid dienone is 7. The average Bonchev–Trinajstić information content (AvgIpc) is 0.794. The lowest BCUT2D eigenvalue weighted by Crippen LogP contribution is -2.65. The van der Waals surface area contributed by atoms with E-state index in [-0.39, 0.29) is 18.9 Å². The van der Waals surface area contributed by atoms with Crippen LogP contribution in [-0.2, 0) is 23.7 Å². The van der Waals surface area contributed by atoms with Crippen LogP contribution >= 0.6 is 0 Å². The number of amides is 1. The van der Waals surface area contributed by atoms with E-state index in [1.54, 1.807) is 6.08 Å². The van der Waals surface area contributed by atoms with Crippen molar-refractivity contribution in [1.29, 1.82) is 0 Å². The van der Waals surface area contributed by atoms with Gasteiger partial charge >= 0.3 is 0 Å². The minimum atomic E-state index is -1.79. The van der Waals surface area contributed by atoms with Gasteiger partial charge < -0.3 is 65.1 Å². The van der Waals surface area contributed by atoms with Crippen molar-refractivity contribution in [3.8, 4) is 0 Å². The van der Waals surface area contributed by atoms with E-state index in [1.807, 2.05) is 6.08 Å². The summed E-state index contributed by atoms with van der Waals surface area (Å²) in [6.07, 6.45) is 69.3. The molecule has 0 aromatic rings. The van der Waals surface area contributed by atoms with E-state index < -0.39 is 86.8 Å². The lowest BCUT2D eigenvalue weighted by molar-refractivity contribution is -0.359. The molecule has 12 atom stereocenters. The van der Waals surface area contributed by atoms with Crippen molar-refractivity contribution in [1.82, 2.24) is 5.32 Å². The van der Waals surface area contributed by atoms with E-state index in [1.165, 1.54) is 289 Å². The number of unbranched alkanes of at least 4 members (excludes halogenated alkanes) is 48. The highest BCUT2D eigenvalue weighted by molar-refractivity contribution is 5.76. The zero-order chi connectivity index (χ0) is 68.0. The molecule has 2 rings (SSSR count). The summed E-state index contributed by atoms with van der Waals surface area (Å²) < 4.78 is 22.9. The molecule has 0 radical (unpaired) electrons. The molecule has 1 amide bonds. The summed E-state index contributed by atoms with van der Waals surface area (Å²) in [7, 11) is 0. The summed E-state index contributed by atoms with van der Waals surface area (Å²) in [6.45, 7) is 2.82. The second kappa shape index (κ2) is 64.3. The topological polar surface area (TPSA) is 228 Å². The Labute approximate surface area is 575 Å². The van der Waals surface area contributed by atoms with E-state index in [0.717, 1.165) is 38.5 Å². The molecule has 14 heteroatoms. The molecule has 0 spiro atoms. The van der Waals surface area contributed by atoms with Crippen LogP contribution in [0.4, 0.5) is 0 Å². The summed E-state index contributed by atoms with van der Waals surface area (Å²) >= 11 is 0. The number of hydrogen-bond donors (Lipinski definition) is 9. The molecule has 0 bridgehead atoms. The molecule has 94 heavy (non-hydrogen) atoms. The molecule has 0 aromatic heterocycles. The standard InChI is InChI=1S/C80H149NO13/c1-3-5-7-9-11-13-15-17-19-21-23-24-25-26-27-28-29-30-31-32-33-34-35-36-37-38-39-40-41-42-43-44-46-48-50-52-54-56-58-60-62-64-72(85)81-68(69(84)63-61-59-57-55-53-51-49-47-45-22-20-18-16-14-12-10-8-6-4-2)67-91-79-77(90)75(88)78(71(66-83)93-79)94-80-76(89)74(87)73(86)70(65-82)92-80/h15,17,21,23,53,55,61,63,68-71,73-80,82-84,86-90H,3-14,16,18-20,22,24-52,54,56-60,62,64-67H2,1-2H3,(H,81,85)/b17-15-,23-21-,55-53+,63-61+. The molecule has 0 saturated carbocycles. The van der Waals surface area contributed by atoms with Crippen molar-refractivity contribution in [3.63, 3.8) is 0 Å². The lowest BCUT2D eigenvalue weighted by atomic mass is 9.97. The monoisotopic (exact) mass is 1330 g/mol. The first-order chi connectivity index (χ1) is 46.1. The SMILES string of the molecule is CCCCCCC/C=C\C/C=C\CCCCCCCCCCCCCCCCCCCCCCCCCCCCCCCC(=O)NC(COC1OC(CO)C(OC2OC(CO)C(O)C(O)C2O)C(O)C1O)C(O)/C=C/CC/C=C/CCCCCCCCCCCCCCC. The molecule has 2 heterocycles. The fraction of sp³-hybridized carbons (Fsp3) is 0.887. The van der Waals surface area contributed by atoms with Crippen molar-refractivity contribution >= 4 is 5.91 Å². The maximum atomic E-state index is 13.4. The zero-order valence-electron chi connectivity index (χ0n) is 60.5. The van der Waals surface area contributed by atoms with Gasteiger partial charge in [0.25, 0.3) is 0 Å². The van der Waals surface area contributed by atoms with Crippen LogP contribution in [-0.4, -0.2) is 140 Å². The van der Waals surface area contributed by atoms with Gasteiger partial charge in [-0.05, 0) is 64.2 Å². The van der Waals surface area contributed by atoms with Crippen molar-refractivity contribution in [2.75, 3.05) is 19.8 Å². The fourth-order valence-electron chi connectivity index (χ4n) is 13.2. The molecule has 552 valence electrons. The Balaban J connectivity index is 1.55. The van der Waals surface area contributed by atoms with Crippen LogP contribution in [0.15, 0.2) is 48.6 Å². The molecule has 2 aliphatic rings. The predicted octanol–water partition coefficient (Wildman–Crippen LogP) is 17.8. The summed E-state index contributed by atoms with van der Waals surface area (Å²) in [5, 5.41) is 87.5. The normalized spacial score (nSPS) is 22.7. The molecule has 14 nitrogen and oxygen atoms in total. The Hall–Kier alpha value is -2.05. The van der Waals surface area contributed by atoms with Gasteiger partial charge in [-0.1, -0.05) is 339 Å². The summed E-state index contributed by atoms with van der Waals surface area (Å²) in [6, 6.07) is -0.931. The smallest absolute Gasteiger partial charge is 0.220 e. The number of nitrogens with one attached hydrogen (secondary N) is 1. The first-order valence-electron chi connectivity index (χ1n) is 39.9. The van der Waals surface area contributed by atoms with Gasteiger partial charge in [0.1, 0.15) is 48.8 Å². The minimum absolute atomic E-state index is 0.242.